The largest absolute Gasteiger partial charge is 0.479 e. The van der Waals surface area contributed by atoms with Crippen LogP contribution in [-0.2, 0) is 14.3 Å². The zero-order chi connectivity index (χ0) is 14.7. The van der Waals surface area contributed by atoms with Gasteiger partial charge in [-0.15, -0.1) is 0 Å². The monoisotopic (exact) mass is 277 g/mol. The average Bonchev–Trinajstić information content (AvgIpc) is 2.88. The van der Waals surface area contributed by atoms with Crippen LogP contribution in [-0.4, -0.2) is 29.2 Å². The maximum absolute atomic E-state index is 12.1. The summed E-state index contributed by atoms with van der Waals surface area (Å²) < 4.78 is 5.24. The summed E-state index contributed by atoms with van der Waals surface area (Å²) in [5.41, 5.74) is 2.16. The molecule has 0 bridgehead atoms. The van der Waals surface area contributed by atoms with E-state index in [0.717, 1.165) is 11.1 Å². The van der Waals surface area contributed by atoms with Gasteiger partial charge in [0, 0.05) is 0 Å². The van der Waals surface area contributed by atoms with Crippen molar-refractivity contribution >= 4 is 11.9 Å². The molecule has 0 radical (unpaired) electrons. The number of carbonyl (C=O) groups excluding carboxylic acids is 1. The Kier molecular flexibility index (Phi) is 4.39. The molecule has 1 aliphatic rings. The Morgan fingerprint density at radius 3 is 2.55 bits per heavy atom. The number of ether oxygens (including phenoxy) is 1. The fourth-order valence-corrected chi connectivity index (χ4v) is 2.47. The van der Waals surface area contributed by atoms with Crippen LogP contribution in [0.15, 0.2) is 24.3 Å². The lowest BCUT2D eigenvalue weighted by Crippen LogP contribution is -2.37. The van der Waals surface area contributed by atoms with E-state index in [-0.39, 0.29) is 11.9 Å². The van der Waals surface area contributed by atoms with Gasteiger partial charge in [-0.1, -0.05) is 24.3 Å². The molecule has 2 rings (SSSR count). The molecule has 2 N–H and O–H groups in total. The van der Waals surface area contributed by atoms with E-state index in [1.807, 2.05) is 38.1 Å². The van der Waals surface area contributed by atoms with Gasteiger partial charge in [0.2, 0.25) is 5.91 Å². The van der Waals surface area contributed by atoms with Gasteiger partial charge in [0.25, 0.3) is 0 Å². The minimum absolute atomic E-state index is 0.129. The highest BCUT2D eigenvalue weighted by molar-refractivity contribution is 5.83. The number of amides is 1. The van der Waals surface area contributed by atoms with Crippen molar-refractivity contribution in [2.75, 3.05) is 0 Å². The first kappa shape index (κ1) is 14.5. The van der Waals surface area contributed by atoms with Crippen LogP contribution in [0, 0.1) is 6.92 Å². The van der Waals surface area contributed by atoms with Gasteiger partial charge in [-0.05, 0) is 37.8 Å². The molecule has 1 amide bonds. The van der Waals surface area contributed by atoms with Crippen molar-refractivity contribution in [1.29, 1.82) is 0 Å². The Morgan fingerprint density at radius 1 is 1.30 bits per heavy atom. The van der Waals surface area contributed by atoms with Crippen molar-refractivity contribution in [2.24, 2.45) is 0 Å². The molecule has 0 aliphatic carbocycles. The van der Waals surface area contributed by atoms with Gasteiger partial charge in [0.05, 0.1) is 6.04 Å². The molecule has 0 aromatic heterocycles. The molecular weight excluding hydrogens is 258 g/mol. The molecule has 108 valence electrons. The summed E-state index contributed by atoms with van der Waals surface area (Å²) in [5, 5.41) is 11.7. The average molecular weight is 277 g/mol. The molecule has 1 aliphatic heterocycles. The summed E-state index contributed by atoms with van der Waals surface area (Å²) in [5.74, 6) is -1.25. The summed E-state index contributed by atoms with van der Waals surface area (Å²) in [7, 11) is 0. The topological polar surface area (TPSA) is 75.6 Å². The van der Waals surface area contributed by atoms with Crippen molar-refractivity contribution in [3.63, 3.8) is 0 Å². The first-order chi connectivity index (χ1) is 9.49. The number of carboxylic acid groups (broad SMARTS) is 1. The maximum Gasteiger partial charge on any atom is 0.332 e. The standard InChI is InChI=1S/C15H19NO4/c1-9-5-3-4-6-11(9)10(2)16-14(17)12-7-8-13(20-12)15(18)19/h3-6,10,12-13H,7-8H2,1-2H3,(H,16,17)(H,18,19)/t10-,12+,13-/m1/s1. The molecule has 5 heteroatoms. The second-order valence-electron chi connectivity index (χ2n) is 5.12. The molecule has 20 heavy (non-hydrogen) atoms. The predicted octanol–water partition coefficient (Wildman–Crippen LogP) is 1.80. The second-order valence-corrected chi connectivity index (χ2v) is 5.12. The SMILES string of the molecule is Cc1ccccc1[C@@H](C)NC(=O)[C@@H]1CC[C@H](C(=O)O)O1. The van der Waals surface area contributed by atoms with E-state index in [1.54, 1.807) is 0 Å². The first-order valence-electron chi connectivity index (χ1n) is 6.73. The van der Waals surface area contributed by atoms with Crippen LogP contribution in [0.1, 0.15) is 36.9 Å². The highest BCUT2D eigenvalue weighted by atomic mass is 16.5. The Bertz CT molecular complexity index is 514. The van der Waals surface area contributed by atoms with E-state index in [9.17, 15) is 9.59 Å². The molecular formula is C15H19NO4. The number of benzene rings is 1. The number of hydrogen-bond donors (Lipinski definition) is 2. The highest BCUT2D eigenvalue weighted by Gasteiger charge is 2.35. The number of carbonyl (C=O) groups is 2. The Morgan fingerprint density at radius 2 is 1.95 bits per heavy atom. The van der Waals surface area contributed by atoms with E-state index in [2.05, 4.69) is 5.32 Å². The fraction of sp³-hybridized carbons (Fsp3) is 0.467. The molecule has 5 nitrogen and oxygen atoms in total. The Labute approximate surface area is 117 Å². The third kappa shape index (κ3) is 3.17. The summed E-state index contributed by atoms with van der Waals surface area (Å²) in [6.45, 7) is 3.90. The molecule has 1 heterocycles. The molecule has 1 saturated heterocycles. The van der Waals surface area contributed by atoms with Gasteiger partial charge in [-0.2, -0.15) is 0 Å². The normalized spacial score (nSPS) is 23.3. The maximum atomic E-state index is 12.1. The molecule has 0 spiro atoms. The van der Waals surface area contributed by atoms with Crippen LogP contribution >= 0.6 is 0 Å². The van der Waals surface area contributed by atoms with Gasteiger partial charge in [0.1, 0.15) is 6.10 Å². The van der Waals surface area contributed by atoms with Crippen molar-refractivity contribution in [2.45, 2.75) is 44.9 Å². The minimum atomic E-state index is -1.01. The minimum Gasteiger partial charge on any atom is -0.479 e. The van der Waals surface area contributed by atoms with Gasteiger partial charge in [-0.25, -0.2) is 4.79 Å². The zero-order valence-electron chi connectivity index (χ0n) is 11.6. The van der Waals surface area contributed by atoms with Crippen LogP contribution < -0.4 is 5.32 Å². The number of aliphatic carboxylic acids is 1. The molecule has 0 unspecified atom stereocenters. The number of hydrogen-bond acceptors (Lipinski definition) is 3. The number of rotatable bonds is 4. The van der Waals surface area contributed by atoms with Gasteiger partial charge < -0.3 is 15.2 Å². The number of nitrogens with one attached hydrogen (secondary N) is 1. The molecule has 1 aromatic rings. The van der Waals surface area contributed by atoms with Crippen LogP contribution in [0.5, 0.6) is 0 Å². The lowest BCUT2D eigenvalue weighted by molar-refractivity contribution is -0.151. The van der Waals surface area contributed by atoms with Crippen LogP contribution in [0.3, 0.4) is 0 Å². The third-order valence-electron chi connectivity index (χ3n) is 3.60. The molecule has 1 fully saturated rings. The van der Waals surface area contributed by atoms with E-state index >= 15 is 0 Å². The summed E-state index contributed by atoms with van der Waals surface area (Å²) in [6, 6.07) is 7.71. The van der Waals surface area contributed by atoms with E-state index in [1.165, 1.54) is 0 Å². The quantitative estimate of drug-likeness (QED) is 0.880. The molecule has 3 atom stereocenters. The summed E-state index contributed by atoms with van der Waals surface area (Å²) >= 11 is 0. The predicted molar refractivity (Wildman–Crippen MR) is 73.3 cm³/mol. The van der Waals surface area contributed by atoms with Gasteiger partial charge in [-0.3, -0.25) is 4.79 Å². The lowest BCUT2D eigenvalue weighted by atomic mass is 10.0. The number of aryl methyl sites for hydroxylation is 1. The van der Waals surface area contributed by atoms with Gasteiger partial charge in [0.15, 0.2) is 6.10 Å². The Balaban J connectivity index is 1.95. The van der Waals surface area contributed by atoms with Crippen LogP contribution in [0.4, 0.5) is 0 Å². The smallest absolute Gasteiger partial charge is 0.332 e. The van der Waals surface area contributed by atoms with Crippen LogP contribution in [0.25, 0.3) is 0 Å². The second kappa shape index (κ2) is 6.05. The molecule has 0 saturated carbocycles. The number of carboxylic acids is 1. The zero-order valence-corrected chi connectivity index (χ0v) is 11.6. The van der Waals surface area contributed by atoms with Crippen molar-refractivity contribution in [3.05, 3.63) is 35.4 Å². The third-order valence-corrected chi connectivity index (χ3v) is 3.60. The summed E-state index contributed by atoms with van der Waals surface area (Å²) in [4.78, 5) is 22.9. The Hall–Kier alpha value is -1.88. The van der Waals surface area contributed by atoms with Crippen LogP contribution in [0.2, 0.25) is 0 Å². The lowest BCUT2D eigenvalue weighted by Gasteiger charge is -2.19. The molecule has 1 aromatic carbocycles. The van der Waals surface area contributed by atoms with Gasteiger partial charge >= 0.3 is 5.97 Å². The van der Waals surface area contributed by atoms with Crippen molar-refractivity contribution in [1.82, 2.24) is 5.32 Å². The first-order valence-corrected chi connectivity index (χ1v) is 6.73. The van der Waals surface area contributed by atoms with Crippen molar-refractivity contribution in [3.8, 4) is 0 Å². The highest BCUT2D eigenvalue weighted by Crippen LogP contribution is 2.22. The summed E-state index contributed by atoms with van der Waals surface area (Å²) in [6.07, 6.45) is -0.697. The van der Waals surface area contributed by atoms with E-state index < -0.39 is 18.2 Å². The van der Waals surface area contributed by atoms with E-state index in [4.69, 9.17) is 9.84 Å². The fourth-order valence-electron chi connectivity index (χ4n) is 2.47. The van der Waals surface area contributed by atoms with E-state index in [0.29, 0.717) is 12.8 Å². The van der Waals surface area contributed by atoms with Crippen molar-refractivity contribution < 1.29 is 19.4 Å².